The topological polar surface area (TPSA) is 75.7 Å². The zero-order valence-electron chi connectivity index (χ0n) is 13.2. The predicted molar refractivity (Wildman–Crippen MR) is 76.3 cm³/mol. The largest absolute Gasteiger partial charge is 0.465 e. The molecular formula is C15H24N2O4. The van der Waals surface area contributed by atoms with E-state index in [1.54, 1.807) is 27.7 Å². The SMILES string of the molecule is CCOC(=O)C(C)(CN1C(=O)CC(C)(C)C1=O)NC1CC1. The van der Waals surface area contributed by atoms with Gasteiger partial charge in [0.05, 0.1) is 18.6 Å². The Morgan fingerprint density at radius 3 is 2.48 bits per heavy atom. The summed E-state index contributed by atoms with van der Waals surface area (Å²) in [6.45, 7) is 7.25. The van der Waals surface area contributed by atoms with Crippen LogP contribution in [0.15, 0.2) is 0 Å². The minimum atomic E-state index is -1.04. The number of rotatable bonds is 6. The maximum Gasteiger partial charge on any atom is 0.327 e. The lowest BCUT2D eigenvalue weighted by Gasteiger charge is -2.32. The van der Waals surface area contributed by atoms with Gasteiger partial charge >= 0.3 is 5.97 Å². The van der Waals surface area contributed by atoms with Crippen LogP contribution in [0, 0.1) is 5.41 Å². The van der Waals surface area contributed by atoms with E-state index in [0.717, 1.165) is 12.8 Å². The van der Waals surface area contributed by atoms with Gasteiger partial charge in [-0.2, -0.15) is 0 Å². The van der Waals surface area contributed by atoms with Crippen molar-refractivity contribution in [3.05, 3.63) is 0 Å². The van der Waals surface area contributed by atoms with Crippen LogP contribution >= 0.6 is 0 Å². The van der Waals surface area contributed by atoms with Crippen molar-refractivity contribution in [1.82, 2.24) is 10.2 Å². The summed E-state index contributed by atoms with van der Waals surface area (Å²) in [5, 5.41) is 3.23. The minimum absolute atomic E-state index is 0.0312. The zero-order valence-corrected chi connectivity index (χ0v) is 13.2. The van der Waals surface area contributed by atoms with E-state index in [0.29, 0.717) is 0 Å². The van der Waals surface area contributed by atoms with Crippen LogP contribution in [0.25, 0.3) is 0 Å². The van der Waals surface area contributed by atoms with Gasteiger partial charge in [-0.15, -0.1) is 0 Å². The highest BCUT2D eigenvalue weighted by atomic mass is 16.5. The van der Waals surface area contributed by atoms with Crippen LogP contribution in [-0.4, -0.2) is 47.4 Å². The number of imide groups is 1. The number of nitrogens with zero attached hydrogens (tertiary/aromatic N) is 1. The molecule has 6 nitrogen and oxygen atoms in total. The Morgan fingerprint density at radius 1 is 1.43 bits per heavy atom. The molecule has 2 rings (SSSR count). The van der Waals surface area contributed by atoms with Gasteiger partial charge < -0.3 is 4.74 Å². The molecule has 0 bridgehead atoms. The molecule has 118 valence electrons. The molecule has 1 atom stereocenters. The van der Waals surface area contributed by atoms with Crippen LogP contribution in [0.2, 0.25) is 0 Å². The molecule has 21 heavy (non-hydrogen) atoms. The third-order valence-electron chi connectivity index (χ3n) is 4.02. The fourth-order valence-corrected chi connectivity index (χ4v) is 2.64. The van der Waals surface area contributed by atoms with Crippen LogP contribution in [-0.2, 0) is 19.1 Å². The Balaban J connectivity index is 2.16. The molecule has 1 aliphatic carbocycles. The quantitative estimate of drug-likeness (QED) is 0.581. The molecule has 1 saturated carbocycles. The van der Waals surface area contributed by atoms with Gasteiger partial charge in [0.15, 0.2) is 0 Å². The fraction of sp³-hybridized carbons (Fsp3) is 0.800. The molecule has 0 spiro atoms. The Labute approximate surface area is 125 Å². The number of nitrogens with one attached hydrogen (secondary N) is 1. The Hall–Kier alpha value is -1.43. The summed E-state index contributed by atoms with van der Waals surface area (Å²) in [4.78, 5) is 37.9. The molecule has 2 fully saturated rings. The molecule has 0 aromatic rings. The standard InChI is InChI=1S/C15H24N2O4/c1-5-21-13(20)15(4,16-10-6-7-10)9-17-11(18)8-14(2,3)12(17)19/h10,16H,5-9H2,1-4H3. The van der Waals surface area contributed by atoms with Crippen LogP contribution < -0.4 is 5.32 Å². The molecule has 0 aromatic carbocycles. The molecule has 1 saturated heterocycles. The molecule has 0 radical (unpaired) electrons. The lowest BCUT2D eigenvalue weighted by Crippen LogP contribution is -2.59. The predicted octanol–water partition coefficient (Wildman–Crippen LogP) is 0.845. The molecule has 6 heteroatoms. The fourth-order valence-electron chi connectivity index (χ4n) is 2.64. The molecule has 1 unspecified atom stereocenters. The lowest BCUT2D eigenvalue weighted by atomic mass is 9.92. The lowest BCUT2D eigenvalue weighted by molar-refractivity contribution is -0.153. The van der Waals surface area contributed by atoms with E-state index in [9.17, 15) is 14.4 Å². The number of carbonyl (C=O) groups excluding carboxylic acids is 3. The summed E-state index contributed by atoms with van der Waals surface area (Å²) in [6.07, 6.45) is 2.19. The van der Waals surface area contributed by atoms with Gasteiger partial charge in [0.2, 0.25) is 11.8 Å². The number of hydrogen-bond acceptors (Lipinski definition) is 5. The van der Waals surface area contributed by atoms with E-state index < -0.39 is 16.9 Å². The van der Waals surface area contributed by atoms with Gasteiger partial charge in [0.25, 0.3) is 0 Å². The van der Waals surface area contributed by atoms with Gasteiger partial charge in [-0.25, -0.2) is 4.79 Å². The van der Waals surface area contributed by atoms with E-state index in [1.807, 2.05) is 0 Å². The maximum absolute atomic E-state index is 12.3. The summed E-state index contributed by atoms with van der Waals surface area (Å²) in [7, 11) is 0. The first-order valence-electron chi connectivity index (χ1n) is 7.49. The number of likely N-dealkylation sites (tertiary alicyclic amines) is 1. The number of hydrogen-bond donors (Lipinski definition) is 1. The van der Waals surface area contributed by atoms with Gasteiger partial charge in [-0.05, 0) is 26.7 Å². The second-order valence-corrected chi connectivity index (χ2v) is 6.82. The van der Waals surface area contributed by atoms with Crippen molar-refractivity contribution in [2.75, 3.05) is 13.2 Å². The average molecular weight is 296 g/mol. The first-order chi connectivity index (χ1) is 9.69. The number of carbonyl (C=O) groups is 3. The summed E-state index contributed by atoms with van der Waals surface area (Å²) in [6, 6.07) is 0.264. The van der Waals surface area contributed by atoms with Gasteiger partial charge in [-0.1, -0.05) is 13.8 Å². The molecule has 2 amide bonds. The monoisotopic (exact) mass is 296 g/mol. The van der Waals surface area contributed by atoms with E-state index in [2.05, 4.69) is 5.32 Å². The zero-order chi connectivity index (χ0) is 15.8. The van der Waals surface area contributed by atoms with Gasteiger partial charge in [0.1, 0.15) is 5.54 Å². The molecular weight excluding hydrogens is 272 g/mol. The summed E-state index contributed by atoms with van der Waals surface area (Å²) < 4.78 is 5.12. The Kier molecular flexibility index (Phi) is 4.10. The summed E-state index contributed by atoms with van der Waals surface area (Å²) in [5.74, 6) is -0.860. The van der Waals surface area contributed by atoms with Crippen molar-refractivity contribution >= 4 is 17.8 Å². The summed E-state index contributed by atoms with van der Waals surface area (Å²) >= 11 is 0. The van der Waals surface area contributed by atoms with Crippen LogP contribution in [0.4, 0.5) is 0 Å². The van der Waals surface area contributed by atoms with E-state index in [4.69, 9.17) is 4.74 Å². The highest BCUT2D eigenvalue weighted by Crippen LogP contribution is 2.33. The molecule has 2 aliphatic rings. The molecule has 1 aliphatic heterocycles. The minimum Gasteiger partial charge on any atom is -0.465 e. The third kappa shape index (κ3) is 3.26. The molecule has 0 aromatic heterocycles. The van der Waals surface area contributed by atoms with Gasteiger partial charge in [0, 0.05) is 12.5 Å². The highest BCUT2D eigenvalue weighted by Gasteiger charge is 2.50. The van der Waals surface area contributed by atoms with E-state index >= 15 is 0 Å². The number of amides is 2. The molecule has 1 N–H and O–H groups in total. The van der Waals surface area contributed by atoms with Gasteiger partial charge in [-0.3, -0.25) is 19.8 Å². The smallest absolute Gasteiger partial charge is 0.327 e. The summed E-state index contributed by atoms with van der Waals surface area (Å²) in [5.41, 5.74) is -1.73. The van der Waals surface area contributed by atoms with E-state index in [1.165, 1.54) is 4.90 Å². The van der Waals surface area contributed by atoms with Crippen molar-refractivity contribution in [3.8, 4) is 0 Å². The number of ether oxygens (including phenoxy) is 1. The Bertz CT molecular complexity index is 470. The van der Waals surface area contributed by atoms with E-state index in [-0.39, 0.29) is 37.4 Å². The molecule has 1 heterocycles. The second kappa shape index (κ2) is 5.40. The van der Waals surface area contributed by atoms with Crippen LogP contribution in [0.5, 0.6) is 0 Å². The maximum atomic E-state index is 12.3. The average Bonchev–Trinajstić information content (AvgIpc) is 3.15. The third-order valence-corrected chi connectivity index (χ3v) is 4.02. The Morgan fingerprint density at radius 2 is 2.05 bits per heavy atom. The van der Waals surface area contributed by atoms with Crippen molar-refractivity contribution in [2.24, 2.45) is 5.41 Å². The van der Waals surface area contributed by atoms with Crippen molar-refractivity contribution < 1.29 is 19.1 Å². The second-order valence-electron chi connectivity index (χ2n) is 6.82. The first kappa shape index (κ1) is 15.9. The van der Waals surface area contributed by atoms with Crippen molar-refractivity contribution in [3.63, 3.8) is 0 Å². The van der Waals surface area contributed by atoms with Crippen molar-refractivity contribution in [2.45, 2.75) is 58.5 Å². The van der Waals surface area contributed by atoms with Crippen molar-refractivity contribution in [1.29, 1.82) is 0 Å². The normalized spacial score (nSPS) is 24.1. The van der Waals surface area contributed by atoms with Crippen LogP contribution in [0.3, 0.4) is 0 Å². The first-order valence-corrected chi connectivity index (χ1v) is 7.49. The van der Waals surface area contributed by atoms with Crippen LogP contribution in [0.1, 0.15) is 47.0 Å². The highest BCUT2D eigenvalue weighted by molar-refractivity contribution is 6.06. The number of esters is 1.